The van der Waals surface area contributed by atoms with Crippen molar-refractivity contribution in [1.29, 1.82) is 0 Å². The molecule has 1 aromatic carbocycles. The molecule has 0 aliphatic carbocycles. The Labute approximate surface area is 126 Å². The van der Waals surface area contributed by atoms with Crippen LogP contribution in [0.4, 0.5) is 4.39 Å². The first-order valence-corrected chi connectivity index (χ1v) is 6.82. The van der Waals surface area contributed by atoms with Crippen LogP contribution in [0.25, 0.3) is 0 Å². The average Bonchev–Trinajstić information content (AvgIpc) is 2.53. The van der Waals surface area contributed by atoms with Gasteiger partial charge in [-0.3, -0.25) is 9.78 Å². The number of hydrogen-bond donors (Lipinski definition) is 1. The van der Waals surface area contributed by atoms with Gasteiger partial charge in [0.05, 0.1) is 11.1 Å². The summed E-state index contributed by atoms with van der Waals surface area (Å²) in [5.74, 6) is -2.08. The van der Waals surface area contributed by atoms with Gasteiger partial charge in [0.25, 0.3) is 5.91 Å². The van der Waals surface area contributed by atoms with Gasteiger partial charge in [-0.1, -0.05) is 12.1 Å². The number of aromatic nitrogens is 1. The van der Waals surface area contributed by atoms with Gasteiger partial charge in [-0.05, 0) is 18.2 Å². The normalized spacial score (nSPS) is 13.6. The van der Waals surface area contributed by atoms with Crippen LogP contribution in [0.1, 0.15) is 32.0 Å². The van der Waals surface area contributed by atoms with Crippen LogP contribution in [0.3, 0.4) is 0 Å². The molecule has 0 spiro atoms. The van der Waals surface area contributed by atoms with E-state index in [9.17, 15) is 19.1 Å². The minimum atomic E-state index is -1.06. The number of benzene rings is 1. The van der Waals surface area contributed by atoms with Crippen LogP contribution in [-0.2, 0) is 13.0 Å². The van der Waals surface area contributed by atoms with E-state index in [1.54, 1.807) is 6.07 Å². The van der Waals surface area contributed by atoms with Crippen molar-refractivity contribution in [3.8, 4) is 0 Å². The standard InChI is InChI=1S/C16H13FN2O3/c17-13-4-2-1-3-11(13)15(20)19-8-6-14-12(9-19)10(16(21)22)5-7-18-14/h1-5,7H,6,8-9H2,(H,21,22). The summed E-state index contributed by atoms with van der Waals surface area (Å²) in [7, 11) is 0. The quantitative estimate of drug-likeness (QED) is 0.922. The van der Waals surface area contributed by atoms with Gasteiger partial charge in [-0.25, -0.2) is 9.18 Å². The second-order valence-corrected chi connectivity index (χ2v) is 5.05. The zero-order valence-electron chi connectivity index (χ0n) is 11.6. The molecule has 1 amide bonds. The number of amides is 1. The SMILES string of the molecule is O=C(O)c1ccnc2c1CN(C(=O)c1ccccc1F)CC2. The molecule has 0 saturated heterocycles. The molecule has 1 aliphatic rings. The van der Waals surface area contributed by atoms with Crippen LogP contribution in [0.2, 0.25) is 0 Å². The summed E-state index contributed by atoms with van der Waals surface area (Å²) in [6.07, 6.45) is 1.91. The summed E-state index contributed by atoms with van der Waals surface area (Å²) in [4.78, 5) is 29.3. The number of carbonyl (C=O) groups is 2. The van der Waals surface area contributed by atoms with E-state index in [-0.39, 0.29) is 17.7 Å². The lowest BCUT2D eigenvalue weighted by atomic mass is 9.99. The molecule has 5 nitrogen and oxygen atoms in total. The van der Waals surface area contributed by atoms with E-state index in [0.29, 0.717) is 24.2 Å². The molecule has 2 heterocycles. The Balaban J connectivity index is 1.93. The Morgan fingerprint density at radius 2 is 1.95 bits per heavy atom. The van der Waals surface area contributed by atoms with E-state index in [2.05, 4.69) is 4.98 Å². The van der Waals surface area contributed by atoms with Crippen molar-refractivity contribution in [2.24, 2.45) is 0 Å². The second-order valence-electron chi connectivity index (χ2n) is 5.05. The highest BCUT2D eigenvalue weighted by Crippen LogP contribution is 2.23. The zero-order valence-corrected chi connectivity index (χ0v) is 11.6. The Hall–Kier alpha value is -2.76. The van der Waals surface area contributed by atoms with Gasteiger partial charge in [0.15, 0.2) is 0 Å². The molecule has 0 unspecified atom stereocenters. The summed E-state index contributed by atoms with van der Waals surface area (Å²) in [6, 6.07) is 7.19. The number of carboxylic acids is 1. The van der Waals surface area contributed by atoms with Crippen LogP contribution in [-0.4, -0.2) is 33.4 Å². The number of rotatable bonds is 2. The third-order valence-corrected chi connectivity index (χ3v) is 3.73. The number of fused-ring (bicyclic) bond motifs is 1. The number of carboxylic acid groups (broad SMARTS) is 1. The zero-order chi connectivity index (χ0) is 15.7. The van der Waals surface area contributed by atoms with Crippen molar-refractivity contribution in [1.82, 2.24) is 9.88 Å². The first-order valence-electron chi connectivity index (χ1n) is 6.82. The first kappa shape index (κ1) is 14.2. The lowest BCUT2D eigenvalue weighted by Gasteiger charge is -2.29. The predicted octanol–water partition coefficient (Wildman–Crippen LogP) is 2.12. The third-order valence-electron chi connectivity index (χ3n) is 3.73. The molecule has 22 heavy (non-hydrogen) atoms. The van der Waals surface area contributed by atoms with E-state index < -0.39 is 17.7 Å². The van der Waals surface area contributed by atoms with Crippen LogP contribution in [0, 0.1) is 5.82 Å². The maximum absolute atomic E-state index is 13.7. The van der Waals surface area contributed by atoms with Crippen molar-refractivity contribution >= 4 is 11.9 Å². The maximum Gasteiger partial charge on any atom is 0.336 e. The highest BCUT2D eigenvalue weighted by atomic mass is 19.1. The average molecular weight is 300 g/mol. The summed E-state index contributed by atoms with van der Waals surface area (Å²) in [5, 5.41) is 9.24. The van der Waals surface area contributed by atoms with Crippen molar-refractivity contribution in [2.45, 2.75) is 13.0 Å². The molecule has 0 atom stereocenters. The monoisotopic (exact) mass is 300 g/mol. The lowest BCUT2D eigenvalue weighted by Crippen LogP contribution is -2.37. The topological polar surface area (TPSA) is 70.5 Å². The highest BCUT2D eigenvalue weighted by Gasteiger charge is 2.27. The molecule has 1 aliphatic heterocycles. The van der Waals surface area contributed by atoms with Gasteiger partial charge in [-0.2, -0.15) is 0 Å². The largest absolute Gasteiger partial charge is 0.478 e. The molecule has 1 N–H and O–H groups in total. The number of halogens is 1. The minimum Gasteiger partial charge on any atom is -0.478 e. The lowest BCUT2D eigenvalue weighted by molar-refractivity contribution is 0.0675. The van der Waals surface area contributed by atoms with Gasteiger partial charge in [-0.15, -0.1) is 0 Å². The van der Waals surface area contributed by atoms with Crippen molar-refractivity contribution in [2.75, 3.05) is 6.54 Å². The molecule has 0 bridgehead atoms. The van der Waals surface area contributed by atoms with Crippen LogP contribution < -0.4 is 0 Å². The Morgan fingerprint density at radius 1 is 1.18 bits per heavy atom. The number of aromatic carboxylic acids is 1. The molecule has 0 saturated carbocycles. The van der Waals surface area contributed by atoms with E-state index in [0.717, 1.165) is 0 Å². The third kappa shape index (κ3) is 2.43. The Morgan fingerprint density at radius 3 is 2.68 bits per heavy atom. The van der Waals surface area contributed by atoms with Gasteiger partial charge in [0.1, 0.15) is 5.82 Å². The fourth-order valence-corrected chi connectivity index (χ4v) is 2.62. The summed E-state index contributed by atoms with van der Waals surface area (Å²) in [6.45, 7) is 0.508. The Kier molecular flexibility index (Phi) is 3.58. The number of pyridine rings is 1. The van der Waals surface area contributed by atoms with Crippen LogP contribution in [0.5, 0.6) is 0 Å². The van der Waals surface area contributed by atoms with Gasteiger partial charge in [0, 0.05) is 37.0 Å². The summed E-state index contributed by atoms with van der Waals surface area (Å²) >= 11 is 0. The van der Waals surface area contributed by atoms with E-state index in [4.69, 9.17) is 0 Å². The smallest absolute Gasteiger partial charge is 0.336 e. The molecule has 6 heteroatoms. The predicted molar refractivity (Wildman–Crippen MR) is 76.0 cm³/mol. The fourth-order valence-electron chi connectivity index (χ4n) is 2.62. The van der Waals surface area contributed by atoms with Crippen molar-refractivity contribution in [3.63, 3.8) is 0 Å². The number of hydrogen-bond acceptors (Lipinski definition) is 3. The van der Waals surface area contributed by atoms with Gasteiger partial charge < -0.3 is 10.0 Å². The Bertz CT molecular complexity index is 761. The van der Waals surface area contributed by atoms with Crippen molar-refractivity contribution < 1.29 is 19.1 Å². The first-order chi connectivity index (χ1) is 10.6. The molecule has 112 valence electrons. The van der Waals surface area contributed by atoms with E-state index in [1.165, 1.54) is 35.4 Å². The molecule has 2 aromatic rings. The second kappa shape index (κ2) is 5.55. The fraction of sp³-hybridized carbons (Fsp3) is 0.188. The summed E-state index contributed by atoms with van der Waals surface area (Å²) < 4.78 is 13.7. The van der Waals surface area contributed by atoms with Gasteiger partial charge >= 0.3 is 5.97 Å². The number of nitrogens with zero attached hydrogens (tertiary/aromatic N) is 2. The van der Waals surface area contributed by atoms with Crippen LogP contribution in [0.15, 0.2) is 36.5 Å². The molecule has 0 radical (unpaired) electrons. The van der Waals surface area contributed by atoms with Gasteiger partial charge in [0.2, 0.25) is 0 Å². The molecular weight excluding hydrogens is 287 g/mol. The van der Waals surface area contributed by atoms with Crippen LogP contribution >= 0.6 is 0 Å². The maximum atomic E-state index is 13.7. The minimum absolute atomic E-state index is 0.00767. The molecule has 3 rings (SSSR count). The van der Waals surface area contributed by atoms with E-state index in [1.807, 2.05) is 0 Å². The van der Waals surface area contributed by atoms with E-state index >= 15 is 0 Å². The molecule has 1 aromatic heterocycles. The molecular formula is C16H13FN2O3. The summed E-state index contributed by atoms with van der Waals surface area (Å²) in [5.41, 5.74) is 1.33. The highest BCUT2D eigenvalue weighted by molar-refractivity contribution is 5.95. The van der Waals surface area contributed by atoms with Crippen molar-refractivity contribution in [3.05, 3.63) is 64.7 Å². The molecule has 0 fully saturated rings. The number of carbonyl (C=O) groups excluding carboxylic acids is 1.